The summed E-state index contributed by atoms with van der Waals surface area (Å²) in [4.78, 5) is 6.42. The fourth-order valence-corrected chi connectivity index (χ4v) is 2.68. The van der Waals surface area contributed by atoms with E-state index in [1.165, 1.54) is 19.3 Å². The van der Waals surface area contributed by atoms with Crippen LogP contribution in [0.15, 0.2) is 30.6 Å². The Morgan fingerprint density at radius 3 is 2.89 bits per heavy atom. The van der Waals surface area contributed by atoms with Crippen LogP contribution in [-0.2, 0) is 0 Å². The fraction of sp³-hybridized carbons (Fsp3) is 0.400. The molecule has 18 heavy (non-hydrogen) atoms. The number of nitrogen functional groups attached to an aromatic ring is 1. The first-order valence-electron chi connectivity index (χ1n) is 6.59. The standard InChI is InChI=1S/C15H19N3/c1-18(10-11-3-2-4-11)14-6-5-12-9-17-8-7-13(12)15(14)16/h5-9,11H,2-4,10,16H2,1H3. The lowest BCUT2D eigenvalue weighted by molar-refractivity contribution is 0.321. The van der Waals surface area contributed by atoms with E-state index in [1.54, 1.807) is 6.20 Å². The van der Waals surface area contributed by atoms with Gasteiger partial charge in [0.25, 0.3) is 0 Å². The van der Waals surface area contributed by atoms with Gasteiger partial charge in [0.15, 0.2) is 0 Å². The summed E-state index contributed by atoms with van der Waals surface area (Å²) in [5, 5.41) is 2.21. The lowest BCUT2D eigenvalue weighted by Crippen LogP contribution is -2.29. The fourth-order valence-electron chi connectivity index (χ4n) is 2.68. The summed E-state index contributed by atoms with van der Waals surface area (Å²) in [7, 11) is 2.14. The Bertz CT molecular complexity index is 561. The molecule has 1 aliphatic carbocycles. The number of hydrogen-bond donors (Lipinski definition) is 1. The van der Waals surface area contributed by atoms with E-state index in [0.29, 0.717) is 0 Å². The van der Waals surface area contributed by atoms with Crippen LogP contribution in [0, 0.1) is 5.92 Å². The number of aromatic nitrogens is 1. The van der Waals surface area contributed by atoms with Crippen LogP contribution >= 0.6 is 0 Å². The highest BCUT2D eigenvalue weighted by atomic mass is 15.1. The third kappa shape index (κ3) is 1.90. The molecule has 0 saturated heterocycles. The number of anilines is 2. The van der Waals surface area contributed by atoms with Gasteiger partial charge in [-0.3, -0.25) is 4.98 Å². The molecule has 3 nitrogen and oxygen atoms in total. The maximum absolute atomic E-state index is 6.29. The van der Waals surface area contributed by atoms with E-state index in [9.17, 15) is 0 Å². The van der Waals surface area contributed by atoms with Crippen LogP contribution in [-0.4, -0.2) is 18.6 Å². The molecule has 0 radical (unpaired) electrons. The number of rotatable bonds is 3. The molecule has 1 heterocycles. The smallest absolute Gasteiger partial charge is 0.0632 e. The van der Waals surface area contributed by atoms with Gasteiger partial charge in [-0.2, -0.15) is 0 Å². The van der Waals surface area contributed by atoms with Crippen molar-refractivity contribution in [1.29, 1.82) is 0 Å². The zero-order valence-corrected chi connectivity index (χ0v) is 10.8. The van der Waals surface area contributed by atoms with Gasteiger partial charge in [-0.1, -0.05) is 12.5 Å². The van der Waals surface area contributed by atoms with E-state index in [2.05, 4.69) is 29.1 Å². The Kier molecular flexibility index (Phi) is 2.82. The highest BCUT2D eigenvalue weighted by molar-refractivity contribution is 5.98. The summed E-state index contributed by atoms with van der Waals surface area (Å²) < 4.78 is 0. The highest BCUT2D eigenvalue weighted by Gasteiger charge is 2.20. The predicted molar refractivity (Wildman–Crippen MR) is 76.8 cm³/mol. The Hall–Kier alpha value is -1.77. The second-order valence-corrected chi connectivity index (χ2v) is 5.27. The summed E-state index contributed by atoms with van der Waals surface area (Å²) in [5.41, 5.74) is 8.30. The first-order valence-corrected chi connectivity index (χ1v) is 6.59. The van der Waals surface area contributed by atoms with Crippen LogP contribution < -0.4 is 10.6 Å². The summed E-state index contributed by atoms with van der Waals surface area (Å²) in [6, 6.07) is 6.20. The van der Waals surface area contributed by atoms with Gasteiger partial charge in [0.05, 0.1) is 11.4 Å². The van der Waals surface area contributed by atoms with Crippen molar-refractivity contribution in [2.24, 2.45) is 5.92 Å². The molecule has 2 aromatic rings. The molecule has 0 spiro atoms. The molecule has 0 atom stereocenters. The Morgan fingerprint density at radius 1 is 1.33 bits per heavy atom. The lowest BCUT2D eigenvalue weighted by Gasteiger charge is -2.32. The van der Waals surface area contributed by atoms with E-state index >= 15 is 0 Å². The van der Waals surface area contributed by atoms with Gasteiger partial charge in [0.2, 0.25) is 0 Å². The van der Waals surface area contributed by atoms with Crippen LogP contribution in [0.4, 0.5) is 11.4 Å². The summed E-state index contributed by atoms with van der Waals surface area (Å²) >= 11 is 0. The zero-order chi connectivity index (χ0) is 12.5. The SMILES string of the molecule is CN(CC1CCC1)c1ccc2cnccc2c1N. The molecule has 2 N–H and O–H groups in total. The van der Waals surface area contributed by atoms with Crippen molar-refractivity contribution in [2.45, 2.75) is 19.3 Å². The van der Waals surface area contributed by atoms with Gasteiger partial charge in [0.1, 0.15) is 0 Å². The number of nitrogens with zero attached hydrogens (tertiary/aromatic N) is 2. The highest BCUT2D eigenvalue weighted by Crippen LogP contribution is 2.33. The van der Waals surface area contributed by atoms with Gasteiger partial charge >= 0.3 is 0 Å². The number of benzene rings is 1. The average Bonchev–Trinajstić information content (AvgIpc) is 2.34. The summed E-state index contributed by atoms with van der Waals surface area (Å²) in [6.45, 7) is 1.11. The first-order chi connectivity index (χ1) is 8.75. The minimum Gasteiger partial charge on any atom is -0.397 e. The number of hydrogen-bond acceptors (Lipinski definition) is 3. The molecule has 94 valence electrons. The molecule has 1 aromatic carbocycles. The molecule has 3 heteroatoms. The molecule has 0 bridgehead atoms. The molecule has 0 amide bonds. The van der Waals surface area contributed by atoms with Gasteiger partial charge in [0, 0.05) is 36.8 Å². The van der Waals surface area contributed by atoms with Crippen molar-refractivity contribution < 1.29 is 0 Å². The molecule has 3 rings (SSSR count). The minimum atomic E-state index is 0.850. The molecule has 1 saturated carbocycles. The second kappa shape index (κ2) is 4.48. The van der Waals surface area contributed by atoms with Crippen molar-refractivity contribution in [3.8, 4) is 0 Å². The molecule has 1 aliphatic rings. The Morgan fingerprint density at radius 2 is 2.17 bits per heavy atom. The normalized spacial score (nSPS) is 15.6. The van der Waals surface area contributed by atoms with E-state index in [4.69, 9.17) is 5.73 Å². The van der Waals surface area contributed by atoms with Crippen LogP contribution in [0.5, 0.6) is 0 Å². The molecule has 1 fully saturated rings. The third-order valence-corrected chi connectivity index (χ3v) is 4.01. The van der Waals surface area contributed by atoms with Crippen LogP contribution in [0.2, 0.25) is 0 Å². The second-order valence-electron chi connectivity index (χ2n) is 5.27. The van der Waals surface area contributed by atoms with Crippen molar-refractivity contribution in [3.05, 3.63) is 30.6 Å². The van der Waals surface area contributed by atoms with Gasteiger partial charge in [-0.25, -0.2) is 0 Å². The van der Waals surface area contributed by atoms with Gasteiger partial charge in [-0.15, -0.1) is 0 Å². The van der Waals surface area contributed by atoms with Crippen LogP contribution in [0.3, 0.4) is 0 Å². The van der Waals surface area contributed by atoms with Gasteiger partial charge < -0.3 is 10.6 Å². The number of pyridine rings is 1. The quantitative estimate of drug-likeness (QED) is 0.840. The zero-order valence-electron chi connectivity index (χ0n) is 10.8. The first kappa shape index (κ1) is 11.3. The minimum absolute atomic E-state index is 0.850. The topological polar surface area (TPSA) is 42.2 Å². The van der Waals surface area contributed by atoms with E-state index in [1.807, 2.05) is 12.3 Å². The molecule has 1 aromatic heterocycles. The molecule has 0 unspecified atom stereocenters. The predicted octanol–water partition coefficient (Wildman–Crippen LogP) is 3.05. The van der Waals surface area contributed by atoms with E-state index < -0.39 is 0 Å². The Labute approximate surface area is 108 Å². The van der Waals surface area contributed by atoms with Gasteiger partial charge in [-0.05, 0) is 30.9 Å². The van der Waals surface area contributed by atoms with Crippen LogP contribution in [0.25, 0.3) is 10.8 Å². The van der Waals surface area contributed by atoms with Crippen molar-refractivity contribution >= 4 is 22.1 Å². The summed E-state index contributed by atoms with van der Waals surface area (Å²) in [6.07, 6.45) is 7.77. The molecule has 0 aliphatic heterocycles. The monoisotopic (exact) mass is 241 g/mol. The maximum Gasteiger partial charge on any atom is 0.0632 e. The third-order valence-electron chi connectivity index (χ3n) is 4.01. The number of fused-ring (bicyclic) bond motifs is 1. The Balaban J connectivity index is 1.93. The number of nitrogens with two attached hydrogens (primary N) is 1. The molecular formula is C15H19N3. The van der Waals surface area contributed by atoms with E-state index in [0.717, 1.165) is 34.6 Å². The van der Waals surface area contributed by atoms with Crippen molar-refractivity contribution in [3.63, 3.8) is 0 Å². The molecular weight excluding hydrogens is 222 g/mol. The average molecular weight is 241 g/mol. The van der Waals surface area contributed by atoms with Crippen LogP contribution in [0.1, 0.15) is 19.3 Å². The van der Waals surface area contributed by atoms with E-state index in [-0.39, 0.29) is 0 Å². The van der Waals surface area contributed by atoms with Crippen molar-refractivity contribution in [1.82, 2.24) is 4.98 Å². The summed E-state index contributed by atoms with van der Waals surface area (Å²) in [5.74, 6) is 0.850. The van der Waals surface area contributed by atoms with Crippen molar-refractivity contribution in [2.75, 3.05) is 24.2 Å². The maximum atomic E-state index is 6.29. The largest absolute Gasteiger partial charge is 0.397 e. The lowest BCUT2D eigenvalue weighted by atomic mass is 9.85.